The van der Waals surface area contributed by atoms with Crippen LogP contribution in [-0.2, 0) is 0 Å². The van der Waals surface area contributed by atoms with Crippen LogP contribution in [0.4, 0.5) is 11.4 Å². The molecule has 0 spiro atoms. The molecule has 4 heterocycles. The standard InChI is InChI=1S/C42H56N4O6/c1-11-28-17-33-27(3)44(8)34-21-38(36(50-10)19-31(34)40(48)46(33)24-28)51-15-14-41(4,5)12-13-42(6,7)25-52-37-20-32-30(18-35(37)49-9)39(47)45-23-26(2)16-29(45)22-43-32/h11,18-22,27,29,33H,2,12-17,23-25H2,1,3-10H3/b28-11+/t27?,29-,33-/m0/s1. The smallest absolute Gasteiger partial charge is 0.257 e. The number of rotatable bonds is 12. The van der Waals surface area contributed by atoms with E-state index in [0.717, 1.165) is 43.4 Å². The number of amides is 2. The first-order chi connectivity index (χ1) is 24.6. The second kappa shape index (κ2) is 14.5. The molecule has 0 radical (unpaired) electrons. The third-order valence-electron chi connectivity index (χ3n) is 11.6. The first kappa shape index (κ1) is 37.3. The average molecular weight is 713 g/mol. The maximum atomic E-state index is 13.8. The number of hydrogen-bond donors (Lipinski definition) is 0. The number of hydrogen-bond acceptors (Lipinski definition) is 8. The number of fused-ring (bicyclic) bond motifs is 4. The molecule has 3 atom stereocenters. The van der Waals surface area contributed by atoms with Crippen LogP contribution in [-0.4, -0.2) is 93.5 Å². The summed E-state index contributed by atoms with van der Waals surface area (Å²) in [7, 11) is 5.29. The third kappa shape index (κ3) is 7.39. The van der Waals surface area contributed by atoms with Crippen LogP contribution in [0.2, 0.25) is 0 Å². The lowest BCUT2D eigenvalue weighted by atomic mass is 9.78. The number of allylic oxidation sites excluding steroid dienone is 1. The van der Waals surface area contributed by atoms with E-state index in [1.54, 1.807) is 20.3 Å². The second-order valence-electron chi connectivity index (χ2n) is 16.5. The largest absolute Gasteiger partial charge is 0.493 e. The van der Waals surface area contributed by atoms with Gasteiger partial charge >= 0.3 is 0 Å². The summed E-state index contributed by atoms with van der Waals surface area (Å²) in [6.07, 6.45) is 8.36. The lowest BCUT2D eigenvalue weighted by molar-refractivity contribution is 0.0732. The highest BCUT2D eigenvalue weighted by atomic mass is 16.5. The van der Waals surface area contributed by atoms with E-state index in [4.69, 9.17) is 18.9 Å². The lowest BCUT2D eigenvalue weighted by Crippen LogP contribution is -2.45. The van der Waals surface area contributed by atoms with Crippen molar-refractivity contribution in [1.82, 2.24) is 9.80 Å². The molecule has 52 heavy (non-hydrogen) atoms. The van der Waals surface area contributed by atoms with Crippen molar-refractivity contribution < 1.29 is 28.5 Å². The minimum atomic E-state index is -0.131. The quantitative estimate of drug-likeness (QED) is 0.207. The number of methoxy groups -OCH3 is 2. The van der Waals surface area contributed by atoms with E-state index in [2.05, 4.69) is 71.1 Å². The molecule has 1 unspecified atom stereocenters. The summed E-state index contributed by atoms with van der Waals surface area (Å²) >= 11 is 0. The van der Waals surface area contributed by atoms with E-state index in [1.807, 2.05) is 34.2 Å². The van der Waals surface area contributed by atoms with E-state index in [-0.39, 0.29) is 40.8 Å². The molecule has 2 amide bonds. The van der Waals surface area contributed by atoms with Crippen molar-refractivity contribution in [3.8, 4) is 23.0 Å². The topological polar surface area (TPSA) is 93.1 Å². The lowest BCUT2D eigenvalue weighted by Gasteiger charge is -2.32. The zero-order valence-electron chi connectivity index (χ0n) is 32.5. The summed E-state index contributed by atoms with van der Waals surface area (Å²) < 4.78 is 24.2. The number of ether oxygens (including phenoxy) is 4. The van der Waals surface area contributed by atoms with Gasteiger partial charge in [0.2, 0.25) is 0 Å². The van der Waals surface area contributed by atoms with Crippen molar-refractivity contribution in [3.63, 3.8) is 0 Å². The van der Waals surface area contributed by atoms with Gasteiger partial charge in [-0.2, -0.15) is 0 Å². The number of nitrogens with zero attached hydrogens (tertiary/aromatic N) is 4. The zero-order valence-corrected chi connectivity index (χ0v) is 32.5. The van der Waals surface area contributed by atoms with Crippen LogP contribution in [0, 0.1) is 10.8 Å². The molecule has 10 heteroatoms. The number of benzene rings is 2. The summed E-state index contributed by atoms with van der Waals surface area (Å²) in [5.74, 6) is 2.31. The molecule has 0 saturated carbocycles. The Kier molecular flexibility index (Phi) is 10.4. The molecule has 4 aliphatic rings. The van der Waals surface area contributed by atoms with Crippen molar-refractivity contribution in [1.29, 1.82) is 0 Å². The van der Waals surface area contributed by atoms with Crippen molar-refractivity contribution in [2.24, 2.45) is 15.8 Å². The summed E-state index contributed by atoms with van der Waals surface area (Å²) in [6.45, 7) is 19.5. The summed E-state index contributed by atoms with van der Waals surface area (Å²) in [5, 5.41) is 0. The Morgan fingerprint density at radius 1 is 0.846 bits per heavy atom. The van der Waals surface area contributed by atoms with Gasteiger partial charge in [0, 0.05) is 44.5 Å². The Bertz CT molecular complexity index is 1790. The van der Waals surface area contributed by atoms with E-state index >= 15 is 0 Å². The fourth-order valence-electron chi connectivity index (χ4n) is 7.75. The van der Waals surface area contributed by atoms with Gasteiger partial charge < -0.3 is 33.6 Å². The van der Waals surface area contributed by atoms with Crippen molar-refractivity contribution in [3.05, 3.63) is 59.2 Å². The molecule has 6 rings (SSSR count). The highest BCUT2D eigenvalue weighted by molar-refractivity contribution is 6.04. The van der Waals surface area contributed by atoms with Gasteiger partial charge in [-0.25, -0.2) is 0 Å². The first-order valence-corrected chi connectivity index (χ1v) is 18.5. The Balaban J connectivity index is 1.06. The zero-order chi connectivity index (χ0) is 37.5. The Labute approximate surface area is 309 Å². The molecular formula is C42H56N4O6. The van der Waals surface area contributed by atoms with Crippen LogP contribution < -0.4 is 23.8 Å². The minimum absolute atomic E-state index is 0.00221. The van der Waals surface area contributed by atoms with Gasteiger partial charge in [-0.15, -0.1) is 0 Å². The number of carbonyl (C=O) groups is 2. The predicted octanol–water partition coefficient (Wildman–Crippen LogP) is 7.87. The predicted molar refractivity (Wildman–Crippen MR) is 206 cm³/mol. The van der Waals surface area contributed by atoms with Crippen LogP contribution in [0.5, 0.6) is 23.0 Å². The molecule has 10 nitrogen and oxygen atoms in total. The van der Waals surface area contributed by atoms with Gasteiger partial charge in [0.15, 0.2) is 23.0 Å². The van der Waals surface area contributed by atoms with Crippen LogP contribution in [0.1, 0.15) is 94.4 Å². The summed E-state index contributed by atoms with van der Waals surface area (Å²) in [5.41, 5.74) is 4.86. The molecule has 0 aliphatic carbocycles. The maximum Gasteiger partial charge on any atom is 0.257 e. The highest BCUT2D eigenvalue weighted by Crippen LogP contribution is 2.43. The van der Waals surface area contributed by atoms with Gasteiger partial charge in [-0.3, -0.25) is 14.6 Å². The number of likely N-dealkylation sites (N-methyl/N-ethyl adjacent to an activating group) is 1. The SMILES string of the molecule is C=C1C[C@H]2C=Nc3cc(OCC(C)(C)CCC(C)(C)CCOc4cc5c(cc4OC)C(=O)N4C/C(=C/C)C[C@H]4C(C)N5C)c(OC)cc3C(=O)N2C1. The van der Waals surface area contributed by atoms with E-state index < -0.39 is 0 Å². The van der Waals surface area contributed by atoms with E-state index in [9.17, 15) is 9.59 Å². The molecule has 280 valence electrons. The number of anilines is 1. The fraction of sp³-hybridized carbons (Fsp3) is 0.548. The van der Waals surface area contributed by atoms with Gasteiger partial charge in [0.1, 0.15) is 0 Å². The van der Waals surface area contributed by atoms with Crippen molar-refractivity contribution in [2.75, 3.05) is 52.5 Å². The highest BCUT2D eigenvalue weighted by Gasteiger charge is 2.42. The third-order valence-corrected chi connectivity index (χ3v) is 11.6. The van der Waals surface area contributed by atoms with E-state index in [0.29, 0.717) is 66.1 Å². The fourth-order valence-corrected chi connectivity index (χ4v) is 7.75. The van der Waals surface area contributed by atoms with Gasteiger partial charge in [-0.05, 0) is 68.9 Å². The molecule has 2 aromatic rings. The Morgan fingerprint density at radius 3 is 2.19 bits per heavy atom. The molecule has 0 N–H and O–H groups in total. The second-order valence-corrected chi connectivity index (χ2v) is 16.5. The van der Waals surface area contributed by atoms with Crippen LogP contribution in [0.3, 0.4) is 0 Å². The Morgan fingerprint density at radius 2 is 1.50 bits per heavy atom. The minimum Gasteiger partial charge on any atom is -0.493 e. The van der Waals surface area contributed by atoms with Crippen molar-refractivity contribution in [2.45, 2.75) is 91.8 Å². The molecule has 0 aromatic heterocycles. The van der Waals surface area contributed by atoms with Crippen molar-refractivity contribution >= 4 is 29.4 Å². The maximum absolute atomic E-state index is 13.8. The number of carbonyl (C=O) groups excluding carboxylic acids is 2. The molecule has 2 saturated heterocycles. The molecule has 4 aliphatic heterocycles. The van der Waals surface area contributed by atoms with E-state index in [1.165, 1.54) is 5.57 Å². The summed E-state index contributed by atoms with van der Waals surface area (Å²) in [6, 6.07) is 7.63. The molecule has 0 bridgehead atoms. The summed E-state index contributed by atoms with van der Waals surface area (Å²) in [4.78, 5) is 37.9. The van der Waals surface area contributed by atoms with Crippen LogP contribution in [0.25, 0.3) is 0 Å². The normalized spacial score (nSPS) is 22.2. The molecule has 2 aromatic carbocycles. The average Bonchev–Trinajstić information content (AvgIpc) is 3.69. The Hall–Kier alpha value is -4.47. The monoisotopic (exact) mass is 712 g/mol. The van der Waals surface area contributed by atoms with Gasteiger partial charge in [0.05, 0.1) is 62.0 Å². The first-order valence-electron chi connectivity index (χ1n) is 18.5. The van der Waals surface area contributed by atoms with Gasteiger partial charge in [-0.1, -0.05) is 51.5 Å². The molecular weight excluding hydrogens is 656 g/mol. The number of aliphatic imine (C=N–C) groups is 1. The van der Waals surface area contributed by atoms with Crippen LogP contribution in [0.15, 0.2) is 53.1 Å². The molecule has 2 fully saturated rings. The van der Waals surface area contributed by atoms with Crippen LogP contribution >= 0.6 is 0 Å². The van der Waals surface area contributed by atoms with Gasteiger partial charge in [0.25, 0.3) is 11.8 Å².